The molecule has 0 amide bonds. The standard InChI is InChI=1S/C9H8N4O2/c1-6-10-11-12-13(6)8-5-3-2-4-7(8)9(14)15/h2-5H,1H3,(H,14,15)/p-1. The second-order valence-electron chi connectivity index (χ2n) is 2.94. The first-order valence-corrected chi connectivity index (χ1v) is 4.26. The predicted molar refractivity (Wildman–Crippen MR) is 48.2 cm³/mol. The lowest BCUT2D eigenvalue weighted by atomic mass is 10.2. The topological polar surface area (TPSA) is 83.7 Å². The Labute approximate surface area is 85.2 Å². The van der Waals surface area contributed by atoms with Crippen LogP contribution in [0.15, 0.2) is 24.3 Å². The van der Waals surface area contributed by atoms with Crippen molar-refractivity contribution < 1.29 is 9.90 Å². The number of hydrogen-bond acceptors (Lipinski definition) is 5. The predicted octanol–water partition coefficient (Wildman–Crippen LogP) is -0.666. The van der Waals surface area contributed by atoms with E-state index in [0.29, 0.717) is 11.5 Å². The fourth-order valence-corrected chi connectivity index (χ4v) is 1.29. The second-order valence-corrected chi connectivity index (χ2v) is 2.94. The Kier molecular flexibility index (Phi) is 2.17. The quantitative estimate of drug-likeness (QED) is 0.646. The summed E-state index contributed by atoms with van der Waals surface area (Å²) in [7, 11) is 0. The van der Waals surface area contributed by atoms with Crippen LogP contribution in [0.3, 0.4) is 0 Å². The van der Waals surface area contributed by atoms with Gasteiger partial charge in [-0.3, -0.25) is 0 Å². The average molecular weight is 203 g/mol. The zero-order valence-electron chi connectivity index (χ0n) is 7.91. The number of aromatic carboxylic acids is 1. The number of carbonyl (C=O) groups excluding carboxylic acids is 1. The van der Waals surface area contributed by atoms with Gasteiger partial charge in [0.05, 0.1) is 11.7 Å². The monoisotopic (exact) mass is 203 g/mol. The summed E-state index contributed by atoms with van der Waals surface area (Å²) >= 11 is 0. The molecular weight excluding hydrogens is 196 g/mol. The summed E-state index contributed by atoms with van der Waals surface area (Å²) in [5, 5.41) is 21.7. The van der Waals surface area contributed by atoms with Crippen LogP contribution in [0.5, 0.6) is 0 Å². The van der Waals surface area contributed by atoms with E-state index in [1.54, 1.807) is 25.1 Å². The van der Waals surface area contributed by atoms with Crippen molar-refractivity contribution in [1.29, 1.82) is 0 Å². The van der Waals surface area contributed by atoms with Crippen LogP contribution in [-0.4, -0.2) is 26.2 Å². The summed E-state index contributed by atoms with van der Waals surface area (Å²) < 4.78 is 1.35. The summed E-state index contributed by atoms with van der Waals surface area (Å²) in [6.07, 6.45) is 0. The van der Waals surface area contributed by atoms with Gasteiger partial charge < -0.3 is 9.90 Å². The third-order valence-electron chi connectivity index (χ3n) is 1.98. The number of carboxylic acids is 1. The molecule has 0 aliphatic rings. The smallest absolute Gasteiger partial charge is 0.153 e. The summed E-state index contributed by atoms with van der Waals surface area (Å²) in [4.78, 5) is 10.8. The van der Waals surface area contributed by atoms with E-state index in [9.17, 15) is 9.90 Å². The van der Waals surface area contributed by atoms with Crippen molar-refractivity contribution in [3.8, 4) is 5.69 Å². The number of tetrazole rings is 1. The molecule has 1 heterocycles. The molecule has 0 saturated heterocycles. The van der Waals surface area contributed by atoms with E-state index in [2.05, 4.69) is 15.5 Å². The molecular formula is C9H7N4O2-. The number of carbonyl (C=O) groups is 1. The zero-order valence-corrected chi connectivity index (χ0v) is 7.91. The average Bonchev–Trinajstić information content (AvgIpc) is 2.64. The molecule has 6 nitrogen and oxygen atoms in total. The van der Waals surface area contributed by atoms with E-state index in [4.69, 9.17) is 0 Å². The van der Waals surface area contributed by atoms with Gasteiger partial charge in [-0.15, -0.1) is 5.10 Å². The maximum atomic E-state index is 10.8. The molecule has 15 heavy (non-hydrogen) atoms. The first-order valence-electron chi connectivity index (χ1n) is 4.26. The molecule has 76 valence electrons. The lowest BCUT2D eigenvalue weighted by Gasteiger charge is -2.09. The number of hydrogen-bond donors (Lipinski definition) is 0. The molecule has 0 saturated carbocycles. The van der Waals surface area contributed by atoms with E-state index >= 15 is 0 Å². The number of aromatic nitrogens is 4. The summed E-state index contributed by atoms with van der Waals surface area (Å²) in [5.74, 6) is -0.732. The fourth-order valence-electron chi connectivity index (χ4n) is 1.29. The third kappa shape index (κ3) is 1.56. The van der Waals surface area contributed by atoms with Crippen molar-refractivity contribution in [2.45, 2.75) is 6.92 Å². The minimum absolute atomic E-state index is 0.0629. The number of carboxylic acid groups (broad SMARTS) is 1. The molecule has 2 aromatic rings. The van der Waals surface area contributed by atoms with E-state index in [-0.39, 0.29) is 5.56 Å². The molecule has 6 heteroatoms. The van der Waals surface area contributed by atoms with Crippen molar-refractivity contribution in [2.24, 2.45) is 0 Å². The van der Waals surface area contributed by atoms with Crippen molar-refractivity contribution in [3.05, 3.63) is 35.7 Å². The van der Waals surface area contributed by atoms with Crippen molar-refractivity contribution in [2.75, 3.05) is 0 Å². The SMILES string of the molecule is Cc1nnnn1-c1ccccc1C(=O)[O-]. The Hall–Kier alpha value is -2.24. The molecule has 0 N–H and O–H groups in total. The highest BCUT2D eigenvalue weighted by Crippen LogP contribution is 2.12. The van der Waals surface area contributed by atoms with E-state index < -0.39 is 5.97 Å². The second kappa shape index (κ2) is 3.49. The van der Waals surface area contributed by atoms with Crippen LogP contribution in [0.2, 0.25) is 0 Å². The van der Waals surface area contributed by atoms with Crippen molar-refractivity contribution in [1.82, 2.24) is 20.2 Å². The molecule has 1 aromatic heterocycles. The van der Waals surface area contributed by atoms with Crippen LogP contribution >= 0.6 is 0 Å². The van der Waals surface area contributed by atoms with Gasteiger partial charge in [-0.05, 0) is 23.4 Å². The van der Waals surface area contributed by atoms with Gasteiger partial charge in [-0.2, -0.15) is 4.68 Å². The summed E-state index contributed by atoms with van der Waals surface area (Å²) in [5.41, 5.74) is 0.466. The third-order valence-corrected chi connectivity index (χ3v) is 1.98. The van der Waals surface area contributed by atoms with Gasteiger partial charge in [0.2, 0.25) is 0 Å². The minimum Gasteiger partial charge on any atom is -0.545 e. The van der Waals surface area contributed by atoms with Gasteiger partial charge in [-0.1, -0.05) is 18.2 Å². The van der Waals surface area contributed by atoms with Crippen molar-refractivity contribution >= 4 is 5.97 Å². The molecule has 1 aromatic carbocycles. The Morgan fingerprint density at radius 3 is 2.73 bits per heavy atom. The molecule has 0 radical (unpaired) electrons. The van der Waals surface area contributed by atoms with Crippen molar-refractivity contribution in [3.63, 3.8) is 0 Å². The van der Waals surface area contributed by atoms with Crippen LogP contribution < -0.4 is 5.11 Å². The maximum Gasteiger partial charge on any atom is 0.153 e. The number of rotatable bonds is 2. The van der Waals surface area contributed by atoms with Gasteiger partial charge >= 0.3 is 0 Å². The maximum absolute atomic E-state index is 10.8. The van der Waals surface area contributed by atoms with Gasteiger partial charge in [0, 0.05) is 5.56 Å². The van der Waals surface area contributed by atoms with E-state index in [0.717, 1.165) is 0 Å². The van der Waals surface area contributed by atoms with Crippen LogP contribution in [0.4, 0.5) is 0 Å². The highest BCUT2D eigenvalue weighted by molar-refractivity contribution is 5.90. The Bertz CT molecular complexity index is 506. The fraction of sp³-hybridized carbons (Fsp3) is 0.111. The van der Waals surface area contributed by atoms with Crippen LogP contribution in [-0.2, 0) is 0 Å². The molecule has 0 aliphatic heterocycles. The minimum atomic E-state index is -1.25. The molecule has 0 spiro atoms. The Morgan fingerprint density at radius 2 is 2.13 bits per heavy atom. The molecule has 0 fully saturated rings. The van der Waals surface area contributed by atoms with Crippen LogP contribution in [0.1, 0.15) is 16.2 Å². The molecule has 0 bridgehead atoms. The number of nitrogens with zero attached hydrogens (tertiary/aromatic N) is 4. The number of para-hydroxylation sites is 1. The van der Waals surface area contributed by atoms with E-state index in [1.165, 1.54) is 10.7 Å². The van der Waals surface area contributed by atoms with E-state index in [1.807, 2.05) is 0 Å². The normalized spacial score (nSPS) is 10.2. The highest BCUT2D eigenvalue weighted by Gasteiger charge is 2.08. The lowest BCUT2D eigenvalue weighted by molar-refractivity contribution is -0.255. The molecule has 2 rings (SSSR count). The Balaban J connectivity index is 2.63. The number of aryl methyl sites for hydroxylation is 1. The van der Waals surface area contributed by atoms with Crippen LogP contribution in [0.25, 0.3) is 5.69 Å². The van der Waals surface area contributed by atoms with Crippen LogP contribution in [0, 0.1) is 6.92 Å². The first-order chi connectivity index (χ1) is 7.20. The lowest BCUT2D eigenvalue weighted by Crippen LogP contribution is -2.24. The number of benzene rings is 1. The largest absolute Gasteiger partial charge is 0.545 e. The molecule has 0 unspecified atom stereocenters. The zero-order chi connectivity index (χ0) is 10.8. The summed E-state index contributed by atoms with van der Waals surface area (Å²) in [6.45, 7) is 1.69. The summed E-state index contributed by atoms with van der Waals surface area (Å²) in [6, 6.07) is 6.40. The van der Waals surface area contributed by atoms with Gasteiger partial charge in [0.1, 0.15) is 0 Å². The van der Waals surface area contributed by atoms with Gasteiger partial charge in [0.25, 0.3) is 0 Å². The highest BCUT2D eigenvalue weighted by atomic mass is 16.4. The molecule has 0 aliphatic carbocycles. The van der Waals surface area contributed by atoms with Gasteiger partial charge in [0.15, 0.2) is 5.82 Å². The Morgan fingerprint density at radius 1 is 1.40 bits per heavy atom. The first kappa shape index (κ1) is 9.32. The molecule has 0 atom stereocenters. The van der Waals surface area contributed by atoms with Gasteiger partial charge in [-0.25, -0.2) is 0 Å².